The van der Waals surface area contributed by atoms with Crippen molar-refractivity contribution in [2.24, 2.45) is 5.92 Å². The summed E-state index contributed by atoms with van der Waals surface area (Å²) >= 11 is 0. The largest absolute Gasteiger partial charge is 0.746 e. The van der Waals surface area contributed by atoms with Crippen molar-refractivity contribution in [1.82, 2.24) is 5.32 Å². The van der Waals surface area contributed by atoms with Crippen molar-refractivity contribution in [3.63, 3.8) is 0 Å². The molecule has 0 aromatic heterocycles. The lowest BCUT2D eigenvalue weighted by Gasteiger charge is -2.20. The Labute approximate surface area is 96.4 Å². The topological polar surface area (TPSA) is 110 Å². The van der Waals surface area contributed by atoms with Gasteiger partial charge in [0.2, 0.25) is 0 Å². The number of nitrogens with one attached hydrogen (secondary N) is 1. The highest BCUT2D eigenvalue weighted by Gasteiger charge is 2.13. The van der Waals surface area contributed by atoms with Gasteiger partial charge in [0, 0.05) is 6.04 Å². The minimum atomic E-state index is -4.63. The summed E-state index contributed by atoms with van der Waals surface area (Å²) in [4.78, 5) is 0. The lowest BCUT2D eigenvalue weighted by Crippen LogP contribution is -2.36. The SMILES string of the molecule is CC(C)CC(CO)NCCC(O)S(=O)(=O)[O-]. The molecule has 0 aliphatic rings. The fourth-order valence-corrected chi connectivity index (χ4v) is 1.75. The van der Waals surface area contributed by atoms with Crippen LogP contribution in [0.15, 0.2) is 0 Å². The molecule has 0 saturated heterocycles. The van der Waals surface area contributed by atoms with Gasteiger partial charge in [-0.05, 0) is 25.3 Å². The molecule has 3 N–H and O–H groups in total. The van der Waals surface area contributed by atoms with Crippen LogP contribution in [0.5, 0.6) is 0 Å². The van der Waals surface area contributed by atoms with Gasteiger partial charge in [-0.1, -0.05) is 13.8 Å². The number of aliphatic hydroxyl groups excluding tert-OH is 2. The maximum Gasteiger partial charge on any atom is 0.144 e. The van der Waals surface area contributed by atoms with Crippen LogP contribution >= 0.6 is 0 Å². The zero-order chi connectivity index (χ0) is 12.8. The van der Waals surface area contributed by atoms with E-state index in [4.69, 9.17) is 10.2 Å². The molecule has 0 rings (SSSR count). The van der Waals surface area contributed by atoms with Crippen molar-refractivity contribution in [2.75, 3.05) is 13.2 Å². The van der Waals surface area contributed by atoms with Crippen molar-refractivity contribution in [3.8, 4) is 0 Å². The van der Waals surface area contributed by atoms with Gasteiger partial charge in [0.05, 0.1) is 6.61 Å². The summed E-state index contributed by atoms with van der Waals surface area (Å²) in [5.74, 6) is 0.401. The van der Waals surface area contributed by atoms with Gasteiger partial charge in [-0.3, -0.25) is 0 Å². The molecule has 0 fully saturated rings. The fraction of sp³-hybridized carbons (Fsp3) is 1.00. The van der Waals surface area contributed by atoms with Gasteiger partial charge in [-0.2, -0.15) is 0 Å². The molecule has 16 heavy (non-hydrogen) atoms. The second-order valence-corrected chi connectivity index (χ2v) is 5.73. The quantitative estimate of drug-likeness (QED) is 0.491. The molecule has 0 bridgehead atoms. The monoisotopic (exact) mass is 254 g/mol. The van der Waals surface area contributed by atoms with Crippen LogP contribution in [-0.4, -0.2) is 47.8 Å². The van der Waals surface area contributed by atoms with Gasteiger partial charge < -0.3 is 20.1 Å². The lowest BCUT2D eigenvalue weighted by atomic mass is 10.0. The van der Waals surface area contributed by atoms with Crippen LogP contribution in [0.1, 0.15) is 26.7 Å². The smallest absolute Gasteiger partial charge is 0.144 e. The second kappa shape index (κ2) is 7.18. The zero-order valence-corrected chi connectivity index (χ0v) is 10.4. The molecule has 0 amide bonds. The third kappa shape index (κ3) is 7.13. The Kier molecular flexibility index (Phi) is 7.09. The number of aliphatic hydroxyl groups is 2. The molecule has 98 valence electrons. The van der Waals surface area contributed by atoms with Crippen LogP contribution in [-0.2, 0) is 10.1 Å². The Morgan fingerprint density at radius 2 is 1.94 bits per heavy atom. The highest BCUT2D eigenvalue weighted by atomic mass is 32.2. The summed E-state index contributed by atoms with van der Waals surface area (Å²) in [5.41, 5.74) is -1.88. The van der Waals surface area contributed by atoms with Gasteiger partial charge in [0.1, 0.15) is 15.6 Å². The molecule has 2 unspecified atom stereocenters. The summed E-state index contributed by atoms with van der Waals surface area (Å²) < 4.78 is 31.1. The highest BCUT2D eigenvalue weighted by Crippen LogP contribution is 2.05. The van der Waals surface area contributed by atoms with Crippen molar-refractivity contribution < 1.29 is 23.2 Å². The number of hydrogen-bond acceptors (Lipinski definition) is 6. The molecule has 0 aromatic rings. The van der Waals surface area contributed by atoms with Gasteiger partial charge in [0.25, 0.3) is 0 Å². The molecule has 0 saturated carbocycles. The van der Waals surface area contributed by atoms with E-state index in [-0.39, 0.29) is 25.6 Å². The Morgan fingerprint density at radius 3 is 2.31 bits per heavy atom. The van der Waals surface area contributed by atoms with Crippen molar-refractivity contribution in [3.05, 3.63) is 0 Å². The molecule has 0 aliphatic carbocycles. The molecule has 0 spiro atoms. The zero-order valence-electron chi connectivity index (χ0n) is 9.59. The molecule has 7 heteroatoms. The molecule has 6 nitrogen and oxygen atoms in total. The standard InChI is InChI=1S/C9H21NO5S/c1-7(2)5-8(6-11)10-4-3-9(12)16(13,14)15/h7-12H,3-6H2,1-2H3,(H,13,14,15)/p-1. The maximum atomic E-state index is 10.4. The Balaban J connectivity index is 3.87. The molecule has 2 atom stereocenters. The average Bonchev–Trinajstić information content (AvgIpc) is 2.13. The fourth-order valence-electron chi connectivity index (χ4n) is 1.35. The van der Waals surface area contributed by atoms with E-state index in [2.05, 4.69) is 5.32 Å². The first-order valence-corrected chi connectivity index (χ1v) is 6.71. The molecule has 0 heterocycles. The van der Waals surface area contributed by atoms with Crippen LogP contribution in [0.2, 0.25) is 0 Å². The molecule has 0 aliphatic heterocycles. The number of hydrogen-bond donors (Lipinski definition) is 3. The predicted octanol–water partition coefficient (Wildman–Crippen LogP) is -0.763. The summed E-state index contributed by atoms with van der Waals surface area (Å²) in [6, 6.07) is -0.137. The van der Waals surface area contributed by atoms with Crippen LogP contribution in [0.4, 0.5) is 0 Å². The van der Waals surface area contributed by atoms with Gasteiger partial charge in [0.15, 0.2) is 0 Å². The first-order chi connectivity index (χ1) is 7.27. The van der Waals surface area contributed by atoms with E-state index in [1.54, 1.807) is 0 Å². The van der Waals surface area contributed by atoms with Gasteiger partial charge in [-0.25, -0.2) is 8.42 Å². The average molecular weight is 254 g/mol. The number of rotatable bonds is 8. The normalized spacial score (nSPS) is 16.4. The molecule has 0 aromatic carbocycles. The van der Waals surface area contributed by atoms with E-state index >= 15 is 0 Å². The van der Waals surface area contributed by atoms with Crippen molar-refractivity contribution in [2.45, 2.75) is 38.2 Å². The lowest BCUT2D eigenvalue weighted by molar-refractivity contribution is 0.201. The summed E-state index contributed by atoms with van der Waals surface area (Å²) in [6.07, 6.45) is 0.581. The van der Waals surface area contributed by atoms with E-state index in [1.807, 2.05) is 13.8 Å². The third-order valence-corrected chi connectivity index (χ3v) is 3.04. The third-order valence-electron chi connectivity index (χ3n) is 2.13. The van der Waals surface area contributed by atoms with Gasteiger partial charge >= 0.3 is 0 Å². The first kappa shape index (κ1) is 15.8. The van der Waals surface area contributed by atoms with E-state index < -0.39 is 15.6 Å². The van der Waals surface area contributed by atoms with Gasteiger partial charge in [-0.15, -0.1) is 0 Å². The van der Waals surface area contributed by atoms with Crippen LogP contribution in [0.3, 0.4) is 0 Å². The van der Waals surface area contributed by atoms with Crippen LogP contribution in [0.25, 0.3) is 0 Å². The predicted molar refractivity (Wildman–Crippen MR) is 58.7 cm³/mol. The van der Waals surface area contributed by atoms with Crippen molar-refractivity contribution in [1.29, 1.82) is 0 Å². The van der Waals surface area contributed by atoms with E-state index in [1.165, 1.54) is 0 Å². The van der Waals surface area contributed by atoms with E-state index in [0.717, 1.165) is 6.42 Å². The minimum Gasteiger partial charge on any atom is -0.746 e. The maximum absolute atomic E-state index is 10.4. The molecule has 0 radical (unpaired) electrons. The summed E-state index contributed by atoms with van der Waals surface area (Å²) in [5, 5.41) is 20.8. The second-order valence-electron chi connectivity index (χ2n) is 4.20. The Hall–Kier alpha value is -0.210. The Bertz CT molecular complexity index is 278. The first-order valence-electron chi connectivity index (χ1n) is 5.24. The molecular formula is C9H20NO5S-. The summed E-state index contributed by atoms with van der Waals surface area (Å²) in [7, 11) is -4.63. The van der Waals surface area contributed by atoms with Crippen LogP contribution < -0.4 is 5.32 Å². The minimum absolute atomic E-state index is 0.0571. The highest BCUT2D eigenvalue weighted by molar-refractivity contribution is 7.86. The van der Waals surface area contributed by atoms with Crippen molar-refractivity contribution >= 4 is 10.1 Å². The van der Waals surface area contributed by atoms with E-state index in [9.17, 15) is 13.0 Å². The molecular weight excluding hydrogens is 234 g/mol. The van der Waals surface area contributed by atoms with Crippen LogP contribution in [0, 0.1) is 5.92 Å². The van der Waals surface area contributed by atoms with E-state index in [0.29, 0.717) is 5.92 Å². The Morgan fingerprint density at radius 1 is 1.38 bits per heavy atom. The summed E-state index contributed by atoms with van der Waals surface area (Å²) in [6.45, 7) is 4.13.